The highest BCUT2D eigenvalue weighted by Crippen LogP contribution is 2.50. The number of aromatic nitrogens is 8. The highest BCUT2D eigenvalue weighted by molar-refractivity contribution is 8.00. The number of rotatable bonds is 4. The molecule has 2 saturated heterocycles. The lowest BCUT2D eigenvalue weighted by Gasteiger charge is -2.24. The van der Waals surface area contributed by atoms with Crippen molar-refractivity contribution in [3.8, 4) is 0 Å². The second kappa shape index (κ2) is 14.2. The van der Waals surface area contributed by atoms with Crippen LogP contribution in [0.25, 0.3) is 22.3 Å². The van der Waals surface area contributed by atoms with Crippen LogP contribution < -0.4 is 10.6 Å². The molecule has 7 rings (SSSR count). The first-order valence-electron chi connectivity index (χ1n) is 14.8. The molecule has 12 bridgehead atoms. The molecule has 49 heavy (non-hydrogen) atoms. The summed E-state index contributed by atoms with van der Waals surface area (Å²) in [5.41, 5.74) is 1.06. The van der Waals surface area contributed by atoms with Crippen LogP contribution in [0.15, 0.2) is 37.5 Å². The minimum absolute atomic E-state index is 0.204. The van der Waals surface area contributed by atoms with Crippen LogP contribution >= 0.6 is 15.0 Å². The number of hydrogen-bond acceptors (Lipinski definition) is 16. The molecule has 10 atom stereocenters. The zero-order valence-electron chi connectivity index (χ0n) is 25.4. The molecule has 24 heteroatoms. The first kappa shape index (κ1) is 34.3. The maximum Gasteiger partial charge on any atom is 0.472 e. The molecule has 0 saturated carbocycles. The lowest BCUT2D eigenvalue weighted by molar-refractivity contribution is -0.0599. The third-order valence-electron chi connectivity index (χ3n) is 7.97. The van der Waals surface area contributed by atoms with Gasteiger partial charge in [0, 0.05) is 20.2 Å². The van der Waals surface area contributed by atoms with Gasteiger partial charge < -0.3 is 39.2 Å². The second-order valence-corrected chi connectivity index (χ2v) is 14.2. The predicted molar refractivity (Wildman–Crippen MR) is 170 cm³/mol. The van der Waals surface area contributed by atoms with Crippen molar-refractivity contribution in [1.29, 1.82) is 0 Å². The summed E-state index contributed by atoms with van der Waals surface area (Å²) in [7, 11) is -6.65. The molecule has 0 aromatic carbocycles. The number of imidazole rings is 2. The van der Waals surface area contributed by atoms with Crippen LogP contribution in [0.3, 0.4) is 0 Å². The maximum absolute atomic E-state index is 16.1. The number of anilines is 2. The van der Waals surface area contributed by atoms with Crippen LogP contribution in [0.5, 0.6) is 0 Å². The van der Waals surface area contributed by atoms with Crippen molar-refractivity contribution in [3.63, 3.8) is 0 Å². The Balaban J connectivity index is 1.23. The average molecular weight is 747 g/mol. The summed E-state index contributed by atoms with van der Waals surface area (Å²) in [5, 5.41) is 6.27. The molecule has 5 unspecified atom stereocenters. The van der Waals surface area contributed by atoms with E-state index in [1.165, 1.54) is 41.6 Å². The van der Waals surface area contributed by atoms with E-state index in [-0.39, 0.29) is 17.9 Å². The van der Waals surface area contributed by atoms with Gasteiger partial charge in [0.05, 0.1) is 25.9 Å². The zero-order chi connectivity index (χ0) is 34.3. The molecule has 4 N–H and O–H groups in total. The number of fused-ring (bicyclic) bond motifs is 6. The number of alkyl halides is 2. The molecule has 0 spiro atoms. The third-order valence-corrected chi connectivity index (χ3v) is 9.71. The Kier molecular flexibility index (Phi) is 9.97. The standard InChI is InChI=1S/C25H30F2N10O9P2S/c1-41-6-12-19-15(27)25(43-12)37-11-35-17-21(31-9-33-23(17)37)29-5-3-2-4-28-20-16-22(32-8-30-20)36(10-34-16)24-14(26)18(45-47(38)49)13(44-24)7-42-48(39,40)46-19/h2-3,8-15,18-19,24-25,47H,4-7H2,1H3,(H,38,49)(H,39,40)(H,28,30,32)(H,29,31,33)/b3-2+/t12?,13?,14-,15-,18-,19-,24-,25?/m1/s1. The van der Waals surface area contributed by atoms with Gasteiger partial charge in [-0.1, -0.05) is 12.2 Å². The summed E-state index contributed by atoms with van der Waals surface area (Å²) >= 11 is 4.80. The van der Waals surface area contributed by atoms with Crippen molar-refractivity contribution in [3.05, 3.63) is 37.5 Å². The van der Waals surface area contributed by atoms with Gasteiger partial charge >= 0.3 is 7.82 Å². The van der Waals surface area contributed by atoms with Crippen molar-refractivity contribution >= 4 is 60.7 Å². The van der Waals surface area contributed by atoms with Crippen LogP contribution in [0.2, 0.25) is 0 Å². The van der Waals surface area contributed by atoms with E-state index < -0.39 is 70.8 Å². The van der Waals surface area contributed by atoms with Crippen LogP contribution in [-0.2, 0) is 44.2 Å². The summed E-state index contributed by atoms with van der Waals surface area (Å²) < 4.78 is 80.7. The Bertz CT molecular complexity index is 1930. The van der Waals surface area contributed by atoms with Crippen LogP contribution in [0.4, 0.5) is 20.4 Å². The van der Waals surface area contributed by atoms with E-state index in [2.05, 4.69) is 40.5 Å². The number of nitrogens with zero attached hydrogens (tertiary/aromatic N) is 8. The third kappa shape index (κ3) is 6.83. The van der Waals surface area contributed by atoms with Gasteiger partial charge in [-0.25, -0.2) is 43.2 Å². The van der Waals surface area contributed by atoms with Gasteiger partial charge in [-0.05, 0) is 11.8 Å². The highest BCUT2D eigenvalue weighted by atomic mass is 32.4. The monoisotopic (exact) mass is 746 g/mol. The van der Waals surface area contributed by atoms with Crippen molar-refractivity contribution in [2.45, 2.75) is 49.2 Å². The fourth-order valence-corrected chi connectivity index (χ4v) is 7.62. The first-order chi connectivity index (χ1) is 23.6. The van der Waals surface area contributed by atoms with E-state index in [1.807, 2.05) is 12.2 Å². The fraction of sp³-hybridized carbons (Fsp3) is 0.520. The van der Waals surface area contributed by atoms with E-state index in [1.54, 1.807) is 0 Å². The Morgan fingerprint density at radius 1 is 0.980 bits per heavy atom. The van der Waals surface area contributed by atoms with Crippen molar-refractivity contribution < 1.29 is 50.9 Å². The lowest BCUT2D eigenvalue weighted by Crippen LogP contribution is -2.35. The number of ether oxygens (including phenoxy) is 3. The normalized spacial score (nSPS) is 33.7. The van der Waals surface area contributed by atoms with E-state index in [4.69, 9.17) is 39.6 Å². The second-order valence-electron chi connectivity index (χ2n) is 11.0. The summed E-state index contributed by atoms with van der Waals surface area (Å²) in [5.74, 6) is 0.733. The minimum atomic E-state index is -5.10. The summed E-state index contributed by atoms with van der Waals surface area (Å²) in [4.78, 5) is 46.2. The Labute approximate surface area is 281 Å². The average Bonchev–Trinajstić information content (AvgIpc) is 3.83. The molecule has 0 amide bonds. The number of halogens is 2. The van der Waals surface area contributed by atoms with Gasteiger partial charge in [0.25, 0.3) is 0 Å². The molecule has 0 radical (unpaired) electrons. The van der Waals surface area contributed by atoms with Gasteiger partial charge in [-0.15, -0.1) is 0 Å². The number of hydrogen-bond donors (Lipinski definition) is 4. The van der Waals surface area contributed by atoms with Crippen molar-refractivity contribution in [2.24, 2.45) is 0 Å². The molecule has 0 aliphatic carbocycles. The number of phosphoric ester groups is 1. The Morgan fingerprint density at radius 2 is 1.57 bits per heavy atom. The summed E-state index contributed by atoms with van der Waals surface area (Å²) in [6, 6.07) is 0. The molecule has 2 fully saturated rings. The van der Waals surface area contributed by atoms with Crippen LogP contribution in [0, 0.1) is 0 Å². The molecule has 19 nitrogen and oxygen atoms in total. The van der Waals surface area contributed by atoms with Gasteiger partial charge in [-0.3, -0.25) is 18.2 Å². The minimum Gasteiger partial charge on any atom is -0.382 e. The SMILES string of the molecule is COCC1OC2[C@H](F)[C@@H]1OP(=O)(O)OCC1O[C@H]([C@H](F)[C@@H]1O[PH](O)=S)n1cnc3c(ncnc31)NC/C=C/CNc1ncnc3c1ncn32. The van der Waals surface area contributed by atoms with E-state index in [9.17, 15) is 14.4 Å². The maximum atomic E-state index is 16.1. The lowest BCUT2D eigenvalue weighted by atomic mass is 10.1. The van der Waals surface area contributed by atoms with Crippen molar-refractivity contribution in [1.82, 2.24) is 39.0 Å². The molecule has 3 aliphatic heterocycles. The molecular weight excluding hydrogens is 716 g/mol. The quantitative estimate of drug-likeness (QED) is 0.172. The summed E-state index contributed by atoms with van der Waals surface area (Å²) in [6.07, 6.45) is -3.74. The highest BCUT2D eigenvalue weighted by Gasteiger charge is 2.52. The Hall–Kier alpha value is -3.14. The van der Waals surface area contributed by atoms with E-state index in [0.717, 1.165) is 0 Å². The smallest absolute Gasteiger partial charge is 0.382 e. The molecule has 264 valence electrons. The molecule has 4 aromatic heterocycles. The van der Waals surface area contributed by atoms with Crippen LogP contribution in [-0.4, -0.2) is 119 Å². The molecule has 3 aliphatic rings. The topological polar surface area (TPSA) is 224 Å². The first-order valence-corrected chi connectivity index (χ1v) is 18.7. The van der Waals surface area contributed by atoms with E-state index in [0.29, 0.717) is 35.8 Å². The molecule has 4 aromatic rings. The van der Waals surface area contributed by atoms with Crippen molar-refractivity contribution in [2.75, 3.05) is 44.0 Å². The Morgan fingerprint density at radius 3 is 2.14 bits per heavy atom. The molecule has 7 heterocycles. The van der Waals surface area contributed by atoms with Gasteiger partial charge in [0.2, 0.25) is 0 Å². The number of phosphoric acid groups is 1. The number of methoxy groups -OCH3 is 1. The zero-order valence-corrected chi connectivity index (χ0v) is 28.1. The number of nitrogens with one attached hydrogen (secondary N) is 2. The predicted octanol–water partition coefficient (Wildman–Crippen LogP) is 1.56. The van der Waals surface area contributed by atoms with E-state index >= 15 is 8.78 Å². The summed E-state index contributed by atoms with van der Waals surface area (Å²) in [6.45, 7) is -0.323. The molecular formula is C25H30F2N10O9P2S. The fourth-order valence-electron chi connectivity index (χ4n) is 5.82. The van der Waals surface area contributed by atoms with Gasteiger partial charge in [0.1, 0.15) is 37.1 Å². The van der Waals surface area contributed by atoms with Crippen LogP contribution in [0.1, 0.15) is 12.5 Å². The van der Waals surface area contributed by atoms with Gasteiger partial charge in [0.15, 0.2) is 65.9 Å². The van der Waals surface area contributed by atoms with Gasteiger partial charge in [-0.2, -0.15) is 0 Å². The largest absolute Gasteiger partial charge is 0.472 e.